The molecule has 2 unspecified atom stereocenters. The highest BCUT2D eigenvalue weighted by Gasteiger charge is 2.31. The third-order valence-electron chi connectivity index (χ3n) is 8.87. The Morgan fingerprint density at radius 2 is 1.90 bits per heavy atom. The zero-order valence-electron chi connectivity index (χ0n) is 24.4. The third-order valence-corrected chi connectivity index (χ3v) is 8.87. The third kappa shape index (κ3) is 6.82. The molecule has 218 valence electrons. The molecule has 3 fully saturated rings. The number of ether oxygens (including phenoxy) is 3. The number of hydrogen-bond donors (Lipinski definition) is 2. The molecular formula is C31H45N5O4. The van der Waals surface area contributed by atoms with Crippen molar-refractivity contribution in [1.29, 1.82) is 0 Å². The quantitative estimate of drug-likeness (QED) is 0.506. The summed E-state index contributed by atoms with van der Waals surface area (Å²) in [7, 11) is 1.74. The van der Waals surface area contributed by atoms with E-state index in [4.69, 9.17) is 14.2 Å². The van der Waals surface area contributed by atoms with Gasteiger partial charge in [-0.15, -0.1) is 0 Å². The highest BCUT2D eigenvalue weighted by molar-refractivity contribution is 5.94. The van der Waals surface area contributed by atoms with Gasteiger partial charge in [-0.05, 0) is 76.0 Å². The minimum Gasteiger partial charge on any atom is -0.379 e. The van der Waals surface area contributed by atoms with Gasteiger partial charge in [-0.3, -0.25) is 4.79 Å². The average molecular weight is 552 g/mol. The van der Waals surface area contributed by atoms with Gasteiger partial charge in [-0.1, -0.05) is 18.2 Å². The Balaban J connectivity index is 1.14. The summed E-state index contributed by atoms with van der Waals surface area (Å²) in [6.07, 6.45) is 7.73. The van der Waals surface area contributed by atoms with Crippen LogP contribution in [0, 0.1) is 20.8 Å². The Morgan fingerprint density at radius 3 is 2.67 bits per heavy atom. The fourth-order valence-electron chi connectivity index (χ4n) is 6.15. The van der Waals surface area contributed by atoms with Gasteiger partial charge in [0, 0.05) is 51.0 Å². The molecule has 4 atom stereocenters. The lowest BCUT2D eigenvalue weighted by molar-refractivity contribution is -0.0533. The lowest BCUT2D eigenvalue weighted by Crippen LogP contribution is -2.54. The second-order valence-electron chi connectivity index (χ2n) is 11.6. The van der Waals surface area contributed by atoms with Gasteiger partial charge in [-0.2, -0.15) is 0 Å². The second kappa shape index (κ2) is 13.4. The van der Waals surface area contributed by atoms with Gasteiger partial charge < -0.3 is 29.7 Å². The molecule has 40 heavy (non-hydrogen) atoms. The fraction of sp³-hybridized carbons (Fsp3) is 0.645. The molecule has 0 bridgehead atoms. The number of aryl methyl sites for hydroxylation is 2. The molecule has 1 aromatic heterocycles. The molecule has 3 aliphatic heterocycles. The van der Waals surface area contributed by atoms with Crippen molar-refractivity contribution in [3.63, 3.8) is 0 Å². The first-order chi connectivity index (χ1) is 19.4. The Morgan fingerprint density at radius 1 is 1.07 bits per heavy atom. The van der Waals surface area contributed by atoms with Crippen LogP contribution < -0.4 is 10.6 Å². The molecular weight excluding hydrogens is 506 g/mol. The van der Waals surface area contributed by atoms with E-state index in [1.807, 2.05) is 11.8 Å². The number of piperidine rings is 1. The maximum absolute atomic E-state index is 13.5. The summed E-state index contributed by atoms with van der Waals surface area (Å²) in [5.41, 5.74) is 5.13. The minimum atomic E-state index is -0.0223. The summed E-state index contributed by atoms with van der Waals surface area (Å²) >= 11 is 0. The molecule has 9 nitrogen and oxygen atoms in total. The molecule has 0 radical (unpaired) electrons. The van der Waals surface area contributed by atoms with E-state index in [-0.39, 0.29) is 24.2 Å². The van der Waals surface area contributed by atoms with Crippen LogP contribution in [0.25, 0.3) is 0 Å². The SMILES string of the molecule is COC1COCCC1NC1CCN(C(=O)c2ncnc(NC[C@@H]3CCC[C@H](c4ccc(C)c(C)c4)O3)c2C)CC1. The first-order valence-corrected chi connectivity index (χ1v) is 14.9. The van der Waals surface area contributed by atoms with E-state index in [1.54, 1.807) is 7.11 Å². The van der Waals surface area contributed by atoms with Crippen LogP contribution in [-0.4, -0.2) is 85.0 Å². The number of methoxy groups -OCH3 is 1. The Kier molecular flexibility index (Phi) is 9.68. The van der Waals surface area contributed by atoms with Crippen molar-refractivity contribution in [2.75, 3.05) is 45.3 Å². The Labute approximate surface area is 238 Å². The number of aromatic nitrogens is 2. The molecule has 9 heteroatoms. The zero-order valence-corrected chi connectivity index (χ0v) is 24.4. The average Bonchev–Trinajstić information content (AvgIpc) is 2.98. The number of amides is 1. The van der Waals surface area contributed by atoms with E-state index in [0.717, 1.165) is 50.7 Å². The van der Waals surface area contributed by atoms with Crippen LogP contribution in [0.15, 0.2) is 24.5 Å². The van der Waals surface area contributed by atoms with Crippen molar-refractivity contribution in [2.45, 2.75) is 89.7 Å². The van der Waals surface area contributed by atoms with Crippen molar-refractivity contribution in [3.05, 3.63) is 52.5 Å². The van der Waals surface area contributed by atoms with Gasteiger partial charge in [0.1, 0.15) is 17.8 Å². The van der Waals surface area contributed by atoms with Crippen molar-refractivity contribution in [3.8, 4) is 0 Å². The van der Waals surface area contributed by atoms with E-state index in [2.05, 4.69) is 52.6 Å². The van der Waals surface area contributed by atoms with Gasteiger partial charge >= 0.3 is 0 Å². The van der Waals surface area contributed by atoms with Gasteiger partial charge in [0.15, 0.2) is 0 Å². The Bertz CT molecular complexity index is 1150. The van der Waals surface area contributed by atoms with Crippen molar-refractivity contribution >= 4 is 11.7 Å². The molecule has 2 N–H and O–H groups in total. The second-order valence-corrected chi connectivity index (χ2v) is 11.6. The zero-order chi connectivity index (χ0) is 28.1. The molecule has 4 heterocycles. The van der Waals surface area contributed by atoms with Gasteiger partial charge in [0.05, 0.1) is 24.9 Å². The minimum absolute atomic E-state index is 0.0223. The summed E-state index contributed by atoms with van der Waals surface area (Å²) < 4.78 is 17.6. The number of rotatable bonds is 8. The number of nitrogens with zero attached hydrogens (tertiary/aromatic N) is 3. The van der Waals surface area contributed by atoms with Crippen LogP contribution in [0.1, 0.15) is 77.4 Å². The highest BCUT2D eigenvalue weighted by atomic mass is 16.5. The summed E-state index contributed by atoms with van der Waals surface area (Å²) in [6.45, 7) is 9.69. The van der Waals surface area contributed by atoms with Crippen LogP contribution in [0.3, 0.4) is 0 Å². The van der Waals surface area contributed by atoms with E-state index < -0.39 is 0 Å². The maximum atomic E-state index is 13.5. The van der Waals surface area contributed by atoms with Crippen molar-refractivity contribution in [2.24, 2.45) is 0 Å². The van der Waals surface area contributed by atoms with E-state index >= 15 is 0 Å². The summed E-state index contributed by atoms with van der Waals surface area (Å²) in [5, 5.41) is 7.21. The molecule has 3 aliphatic rings. The van der Waals surface area contributed by atoms with Gasteiger partial charge in [-0.25, -0.2) is 9.97 Å². The van der Waals surface area contributed by atoms with Gasteiger partial charge in [0.25, 0.3) is 5.91 Å². The number of benzene rings is 1. The van der Waals surface area contributed by atoms with E-state index in [9.17, 15) is 4.79 Å². The number of likely N-dealkylation sites (tertiary alicyclic amines) is 1. The maximum Gasteiger partial charge on any atom is 0.272 e. The van der Waals surface area contributed by atoms with Crippen molar-refractivity contribution in [1.82, 2.24) is 20.2 Å². The largest absolute Gasteiger partial charge is 0.379 e. The summed E-state index contributed by atoms with van der Waals surface area (Å²) in [4.78, 5) is 24.2. The Hall–Kier alpha value is -2.59. The lowest BCUT2D eigenvalue weighted by atomic mass is 9.96. The number of carbonyl (C=O) groups is 1. The molecule has 3 saturated heterocycles. The number of nitrogens with one attached hydrogen (secondary N) is 2. The first kappa shape index (κ1) is 28.9. The summed E-state index contributed by atoms with van der Waals surface area (Å²) in [6, 6.07) is 7.29. The summed E-state index contributed by atoms with van der Waals surface area (Å²) in [5.74, 6) is 0.683. The molecule has 0 spiro atoms. The molecule has 1 amide bonds. The lowest BCUT2D eigenvalue weighted by Gasteiger charge is -2.38. The molecule has 5 rings (SSSR count). The topological polar surface area (TPSA) is 97.8 Å². The predicted molar refractivity (Wildman–Crippen MR) is 155 cm³/mol. The number of hydrogen-bond acceptors (Lipinski definition) is 8. The number of anilines is 1. The van der Waals surface area contributed by atoms with Crippen LogP contribution in [0.2, 0.25) is 0 Å². The standard InChI is InChI=1S/C31H45N5O4/c1-20-8-9-23(16-21(20)2)27-7-5-6-25(40-27)17-32-30-22(3)29(33-19-34-30)31(37)36-13-10-24(11-14-36)35-26-12-15-39-18-28(26)38-4/h8-9,16,19,24-28,35H,5-7,10-15,17-18H2,1-4H3,(H,32,33,34)/t25-,26?,27+,28?/m0/s1. The predicted octanol–water partition coefficient (Wildman–Crippen LogP) is 4.12. The van der Waals surface area contributed by atoms with Crippen LogP contribution in [0.5, 0.6) is 0 Å². The van der Waals surface area contributed by atoms with Crippen LogP contribution in [0.4, 0.5) is 5.82 Å². The van der Waals surface area contributed by atoms with E-state index in [0.29, 0.717) is 49.8 Å². The molecule has 0 saturated carbocycles. The highest BCUT2D eigenvalue weighted by Crippen LogP contribution is 2.32. The van der Waals surface area contributed by atoms with Crippen molar-refractivity contribution < 1.29 is 19.0 Å². The van der Waals surface area contributed by atoms with Crippen LogP contribution >= 0.6 is 0 Å². The molecule has 0 aliphatic carbocycles. The first-order valence-electron chi connectivity index (χ1n) is 14.9. The molecule has 1 aromatic carbocycles. The monoisotopic (exact) mass is 551 g/mol. The van der Waals surface area contributed by atoms with Crippen LogP contribution in [-0.2, 0) is 14.2 Å². The normalized spacial score (nSPS) is 26.1. The number of carbonyl (C=O) groups excluding carboxylic acids is 1. The smallest absolute Gasteiger partial charge is 0.272 e. The van der Waals surface area contributed by atoms with Gasteiger partial charge in [0.2, 0.25) is 0 Å². The molecule has 2 aromatic rings. The fourth-order valence-corrected chi connectivity index (χ4v) is 6.15. The van der Waals surface area contributed by atoms with E-state index in [1.165, 1.54) is 23.0 Å².